The van der Waals surface area contributed by atoms with Crippen molar-refractivity contribution < 1.29 is 4.39 Å². The van der Waals surface area contributed by atoms with Gasteiger partial charge in [0.25, 0.3) is 0 Å². The van der Waals surface area contributed by atoms with E-state index < -0.39 is 0 Å². The second-order valence-corrected chi connectivity index (χ2v) is 4.38. The SMILES string of the molecule is CSCCC(N)c1ccc(C)c(F)c1. The van der Waals surface area contributed by atoms with Gasteiger partial charge in [0.05, 0.1) is 0 Å². The molecule has 3 heteroatoms. The maximum Gasteiger partial charge on any atom is 0.126 e. The van der Waals surface area contributed by atoms with Gasteiger partial charge in [0, 0.05) is 6.04 Å². The molecule has 2 N–H and O–H groups in total. The van der Waals surface area contributed by atoms with Gasteiger partial charge >= 0.3 is 0 Å². The fourth-order valence-corrected chi connectivity index (χ4v) is 1.74. The summed E-state index contributed by atoms with van der Waals surface area (Å²) in [5.74, 6) is 0.846. The summed E-state index contributed by atoms with van der Waals surface area (Å²) >= 11 is 1.76. The van der Waals surface area contributed by atoms with E-state index in [1.165, 1.54) is 0 Å². The summed E-state index contributed by atoms with van der Waals surface area (Å²) in [7, 11) is 0. The molecule has 1 rings (SSSR count). The number of aryl methyl sites for hydroxylation is 1. The molecule has 0 bridgehead atoms. The standard InChI is InChI=1S/C11H16FNS/c1-8-3-4-9(7-10(8)12)11(13)5-6-14-2/h3-4,7,11H,5-6,13H2,1-2H3. The summed E-state index contributed by atoms with van der Waals surface area (Å²) in [5.41, 5.74) is 7.48. The highest BCUT2D eigenvalue weighted by molar-refractivity contribution is 7.98. The van der Waals surface area contributed by atoms with E-state index in [9.17, 15) is 4.39 Å². The molecule has 1 aromatic rings. The molecule has 0 fully saturated rings. The minimum atomic E-state index is -0.165. The van der Waals surface area contributed by atoms with Gasteiger partial charge in [0.15, 0.2) is 0 Å². The molecule has 1 unspecified atom stereocenters. The van der Waals surface area contributed by atoms with Crippen LogP contribution in [0.25, 0.3) is 0 Å². The van der Waals surface area contributed by atoms with Crippen molar-refractivity contribution >= 4 is 11.8 Å². The van der Waals surface area contributed by atoms with E-state index in [1.807, 2.05) is 12.3 Å². The average Bonchev–Trinajstić information content (AvgIpc) is 2.18. The third kappa shape index (κ3) is 3.00. The first-order chi connectivity index (χ1) is 6.65. The lowest BCUT2D eigenvalue weighted by molar-refractivity contribution is 0.608. The average molecular weight is 213 g/mol. The quantitative estimate of drug-likeness (QED) is 0.832. The highest BCUT2D eigenvalue weighted by atomic mass is 32.2. The molecule has 0 aliphatic rings. The molecule has 0 aliphatic carbocycles. The van der Waals surface area contributed by atoms with E-state index >= 15 is 0 Å². The first-order valence-electron chi connectivity index (χ1n) is 4.65. The second-order valence-electron chi connectivity index (χ2n) is 3.40. The summed E-state index contributed by atoms with van der Waals surface area (Å²) in [6.07, 6.45) is 2.94. The summed E-state index contributed by atoms with van der Waals surface area (Å²) in [6, 6.07) is 5.19. The Hall–Kier alpha value is -0.540. The number of hydrogen-bond donors (Lipinski definition) is 1. The topological polar surface area (TPSA) is 26.0 Å². The zero-order valence-corrected chi connectivity index (χ0v) is 9.40. The highest BCUT2D eigenvalue weighted by Gasteiger charge is 2.07. The third-order valence-electron chi connectivity index (χ3n) is 2.26. The van der Waals surface area contributed by atoms with Crippen molar-refractivity contribution in [3.63, 3.8) is 0 Å². The van der Waals surface area contributed by atoms with E-state index in [1.54, 1.807) is 30.8 Å². The summed E-state index contributed by atoms with van der Waals surface area (Å²) in [5, 5.41) is 0. The van der Waals surface area contributed by atoms with Crippen LogP contribution in [0, 0.1) is 12.7 Å². The number of benzene rings is 1. The van der Waals surface area contributed by atoms with Crippen molar-refractivity contribution in [2.24, 2.45) is 5.73 Å². The van der Waals surface area contributed by atoms with E-state index in [2.05, 4.69) is 0 Å². The Labute approximate surface area is 88.9 Å². The van der Waals surface area contributed by atoms with E-state index in [0.717, 1.165) is 17.7 Å². The molecule has 1 nitrogen and oxygen atoms in total. The monoisotopic (exact) mass is 213 g/mol. The van der Waals surface area contributed by atoms with Crippen LogP contribution in [-0.2, 0) is 0 Å². The van der Waals surface area contributed by atoms with Crippen LogP contribution in [0.2, 0.25) is 0 Å². The van der Waals surface area contributed by atoms with Crippen molar-refractivity contribution in [1.82, 2.24) is 0 Å². The fraction of sp³-hybridized carbons (Fsp3) is 0.455. The predicted octanol–water partition coefficient (Wildman–Crippen LogP) is 2.89. The number of rotatable bonds is 4. The Morgan fingerprint density at radius 1 is 1.50 bits per heavy atom. The van der Waals surface area contributed by atoms with Crippen molar-refractivity contribution in [3.8, 4) is 0 Å². The van der Waals surface area contributed by atoms with Crippen LogP contribution in [0.5, 0.6) is 0 Å². The molecule has 0 radical (unpaired) electrons. The Kier molecular flexibility index (Phi) is 4.42. The van der Waals surface area contributed by atoms with Crippen LogP contribution in [0.4, 0.5) is 4.39 Å². The van der Waals surface area contributed by atoms with E-state index in [4.69, 9.17) is 5.73 Å². The van der Waals surface area contributed by atoms with Gasteiger partial charge in [-0.25, -0.2) is 4.39 Å². The molecule has 1 atom stereocenters. The maximum atomic E-state index is 13.2. The molecule has 0 amide bonds. The van der Waals surface area contributed by atoms with Gasteiger partial charge in [-0.1, -0.05) is 12.1 Å². The van der Waals surface area contributed by atoms with Crippen LogP contribution < -0.4 is 5.73 Å². The van der Waals surface area contributed by atoms with E-state index in [0.29, 0.717) is 5.56 Å². The van der Waals surface area contributed by atoms with Crippen LogP contribution >= 0.6 is 11.8 Å². The first-order valence-corrected chi connectivity index (χ1v) is 6.05. The van der Waals surface area contributed by atoms with Crippen molar-refractivity contribution in [1.29, 1.82) is 0 Å². The number of hydrogen-bond acceptors (Lipinski definition) is 2. The number of thioether (sulfide) groups is 1. The van der Waals surface area contributed by atoms with Gasteiger partial charge in [-0.05, 0) is 42.5 Å². The van der Waals surface area contributed by atoms with Crippen LogP contribution in [0.3, 0.4) is 0 Å². The van der Waals surface area contributed by atoms with Gasteiger partial charge in [-0.2, -0.15) is 11.8 Å². The van der Waals surface area contributed by atoms with Gasteiger partial charge in [0.1, 0.15) is 5.82 Å². The van der Waals surface area contributed by atoms with Crippen LogP contribution in [0.1, 0.15) is 23.6 Å². The number of nitrogens with two attached hydrogens (primary N) is 1. The molecule has 78 valence electrons. The minimum Gasteiger partial charge on any atom is -0.324 e. The molecule has 1 aromatic carbocycles. The van der Waals surface area contributed by atoms with Gasteiger partial charge < -0.3 is 5.73 Å². The fourth-order valence-electron chi connectivity index (χ4n) is 1.25. The first kappa shape index (κ1) is 11.5. The van der Waals surface area contributed by atoms with Crippen molar-refractivity contribution in [2.45, 2.75) is 19.4 Å². The normalized spacial score (nSPS) is 12.9. The Morgan fingerprint density at radius 2 is 2.21 bits per heavy atom. The molecule has 0 saturated heterocycles. The summed E-state index contributed by atoms with van der Waals surface area (Å²) in [4.78, 5) is 0. The van der Waals surface area contributed by atoms with Crippen LogP contribution in [0.15, 0.2) is 18.2 Å². The Bertz CT molecular complexity index is 301. The zero-order valence-electron chi connectivity index (χ0n) is 8.59. The highest BCUT2D eigenvalue weighted by Crippen LogP contribution is 2.18. The zero-order chi connectivity index (χ0) is 10.6. The third-order valence-corrected chi connectivity index (χ3v) is 2.90. The molecule has 0 heterocycles. The van der Waals surface area contributed by atoms with Gasteiger partial charge in [-0.15, -0.1) is 0 Å². The predicted molar refractivity (Wildman–Crippen MR) is 61.1 cm³/mol. The minimum absolute atomic E-state index is 0.0439. The Morgan fingerprint density at radius 3 is 2.79 bits per heavy atom. The maximum absolute atomic E-state index is 13.2. The lowest BCUT2D eigenvalue weighted by Crippen LogP contribution is -2.11. The smallest absolute Gasteiger partial charge is 0.126 e. The lowest BCUT2D eigenvalue weighted by Gasteiger charge is -2.11. The Balaban J connectivity index is 2.70. The van der Waals surface area contributed by atoms with Gasteiger partial charge in [0.2, 0.25) is 0 Å². The molecule has 0 spiro atoms. The van der Waals surface area contributed by atoms with Crippen molar-refractivity contribution in [2.75, 3.05) is 12.0 Å². The molecular weight excluding hydrogens is 197 g/mol. The van der Waals surface area contributed by atoms with Crippen molar-refractivity contribution in [3.05, 3.63) is 35.1 Å². The summed E-state index contributed by atoms with van der Waals surface area (Å²) in [6.45, 7) is 1.76. The number of halogens is 1. The lowest BCUT2D eigenvalue weighted by atomic mass is 10.0. The summed E-state index contributed by atoms with van der Waals surface area (Å²) < 4.78 is 13.2. The molecular formula is C11H16FNS. The largest absolute Gasteiger partial charge is 0.324 e. The molecule has 14 heavy (non-hydrogen) atoms. The molecule has 0 aromatic heterocycles. The molecule has 0 aliphatic heterocycles. The second kappa shape index (κ2) is 5.37. The molecule has 0 saturated carbocycles. The van der Waals surface area contributed by atoms with Gasteiger partial charge in [-0.3, -0.25) is 0 Å². The van der Waals surface area contributed by atoms with Crippen LogP contribution in [-0.4, -0.2) is 12.0 Å². The van der Waals surface area contributed by atoms with E-state index in [-0.39, 0.29) is 11.9 Å².